The van der Waals surface area contributed by atoms with E-state index in [1.54, 1.807) is 11.3 Å². The van der Waals surface area contributed by atoms with Gasteiger partial charge in [0, 0.05) is 18.3 Å². The maximum Gasteiger partial charge on any atom is 0.231 e. The average molecular weight is 376 g/mol. The van der Waals surface area contributed by atoms with Crippen LogP contribution in [-0.2, 0) is 18.3 Å². The molecule has 0 radical (unpaired) electrons. The number of nitrogens with zero attached hydrogens (tertiary/aromatic N) is 4. The van der Waals surface area contributed by atoms with E-state index in [1.807, 2.05) is 23.1 Å². The van der Waals surface area contributed by atoms with Gasteiger partial charge in [0.2, 0.25) is 5.91 Å². The molecule has 0 spiro atoms. The van der Waals surface area contributed by atoms with Gasteiger partial charge in [0.15, 0.2) is 5.16 Å². The minimum absolute atomic E-state index is 0.115. The number of nitriles is 1. The lowest BCUT2D eigenvalue weighted by molar-refractivity contribution is -0.120. The Morgan fingerprint density at radius 3 is 2.92 bits per heavy atom. The number of rotatable bonds is 6. The third-order valence-electron chi connectivity index (χ3n) is 4.47. The standard InChI is InChI=1S/C17H21N5OS2/c1-22-14(10-13-6-5-9-24-13)20-21-16(22)25-11-15(23)19-17(12-18)7-3-2-4-8-17/h5-6,9H,2-4,7-8,10-11H2,1H3,(H,19,23). The quantitative estimate of drug-likeness (QED) is 0.785. The minimum atomic E-state index is -0.680. The van der Waals surface area contributed by atoms with Gasteiger partial charge in [0.25, 0.3) is 0 Å². The van der Waals surface area contributed by atoms with E-state index in [9.17, 15) is 10.1 Å². The molecule has 1 saturated carbocycles. The van der Waals surface area contributed by atoms with Crippen molar-refractivity contribution in [3.05, 3.63) is 28.2 Å². The van der Waals surface area contributed by atoms with Gasteiger partial charge in [-0.15, -0.1) is 21.5 Å². The Morgan fingerprint density at radius 2 is 2.24 bits per heavy atom. The minimum Gasteiger partial charge on any atom is -0.337 e. The number of thiophene rings is 1. The predicted molar refractivity (Wildman–Crippen MR) is 98.4 cm³/mol. The Bertz CT molecular complexity index is 757. The Labute approximate surface area is 155 Å². The summed E-state index contributed by atoms with van der Waals surface area (Å²) in [7, 11) is 1.92. The smallest absolute Gasteiger partial charge is 0.231 e. The molecule has 1 aliphatic carbocycles. The number of hydrogen-bond acceptors (Lipinski definition) is 6. The lowest BCUT2D eigenvalue weighted by atomic mass is 9.83. The largest absolute Gasteiger partial charge is 0.337 e. The molecular weight excluding hydrogens is 354 g/mol. The molecule has 25 heavy (non-hydrogen) atoms. The van der Waals surface area contributed by atoms with E-state index >= 15 is 0 Å². The van der Waals surface area contributed by atoms with Gasteiger partial charge < -0.3 is 9.88 Å². The molecule has 0 saturated heterocycles. The highest BCUT2D eigenvalue weighted by atomic mass is 32.2. The van der Waals surface area contributed by atoms with Crippen LogP contribution in [0, 0.1) is 11.3 Å². The second-order valence-electron chi connectivity index (χ2n) is 6.31. The Morgan fingerprint density at radius 1 is 1.44 bits per heavy atom. The summed E-state index contributed by atoms with van der Waals surface area (Å²) in [6.07, 6.45) is 5.36. The molecule has 1 aliphatic rings. The topological polar surface area (TPSA) is 83.6 Å². The Hall–Kier alpha value is -1.85. The van der Waals surface area contributed by atoms with Gasteiger partial charge in [0.05, 0.1) is 11.8 Å². The van der Waals surface area contributed by atoms with Crippen molar-refractivity contribution in [2.75, 3.05) is 5.75 Å². The number of aromatic nitrogens is 3. The monoisotopic (exact) mass is 375 g/mol. The number of nitrogens with one attached hydrogen (secondary N) is 1. The molecule has 1 fully saturated rings. The maximum absolute atomic E-state index is 12.3. The van der Waals surface area contributed by atoms with Crippen molar-refractivity contribution in [2.45, 2.75) is 49.2 Å². The van der Waals surface area contributed by atoms with Crippen molar-refractivity contribution in [1.82, 2.24) is 20.1 Å². The van der Waals surface area contributed by atoms with Crippen LogP contribution in [0.3, 0.4) is 0 Å². The summed E-state index contributed by atoms with van der Waals surface area (Å²) in [6.45, 7) is 0. The van der Waals surface area contributed by atoms with Gasteiger partial charge in [-0.05, 0) is 24.3 Å². The third kappa shape index (κ3) is 4.41. The highest BCUT2D eigenvalue weighted by molar-refractivity contribution is 7.99. The molecule has 0 aliphatic heterocycles. The van der Waals surface area contributed by atoms with Crippen LogP contribution in [0.2, 0.25) is 0 Å². The second-order valence-corrected chi connectivity index (χ2v) is 8.28. The van der Waals surface area contributed by atoms with Gasteiger partial charge in [-0.3, -0.25) is 4.79 Å². The first-order valence-corrected chi connectivity index (χ1v) is 10.2. The molecule has 0 unspecified atom stereocenters. The van der Waals surface area contributed by atoms with Crippen molar-refractivity contribution in [1.29, 1.82) is 5.26 Å². The van der Waals surface area contributed by atoms with Crippen LogP contribution in [-0.4, -0.2) is 32.0 Å². The average Bonchev–Trinajstić information content (AvgIpc) is 3.25. The number of amides is 1. The van der Waals surface area contributed by atoms with Crippen molar-refractivity contribution < 1.29 is 4.79 Å². The summed E-state index contributed by atoms with van der Waals surface area (Å²) in [6, 6.07) is 6.41. The van der Waals surface area contributed by atoms with Crippen LogP contribution in [0.25, 0.3) is 0 Å². The molecule has 3 rings (SSSR count). The van der Waals surface area contributed by atoms with Crippen LogP contribution in [0.1, 0.15) is 42.8 Å². The molecule has 1 amide bonds. The van der Waals surface area contributed by atoms with E-state index in [1.165, 1.54) is 16.6 Å². The van der Waals surface area contributed by atoms with Crippen LogP contribution in [0.15, 0.2) is 22.7 Å². The van der Waals surface area contributed by atoms with Crippen molar-refractivity contribution in [2.24, 2.45) is 7.05 Å². The van der Waals surface area contributed by atoms with E-state index in [0.29, 0.717) is 0 Å². The van der Waals surface area contributed by atoms with Crippen molar-refractivity contribution >= 4 is 29.0 Å². The lowest BCUT2D eigenvalue weighted by Gasteiger charge is -2.31. The van der Waals surface area contributed by atoms with E-state index in [0.717, 1.165) is 49.5 Å². The third-order valence-corrected chi connectivity index (χ3v) is 6.37. The fourth-order valence-corrected chi connectivity index (χ4v) is 4.48. The zero-order chi connectivity index (χ0) is 17.7. The molecule has 0 aromatic carbocycles. The summed E-state index contributed by atoms with van der Waals surface area (Å²) in [5, 5.41) is 23.6. The highest BCUT2D eigenvalue weighted by Gasteiger charge is 2.33. The number of thioether (sulfide) groups is 1. The van der Waals surface area contributed by atoms with Gasteiger partial charge in [-0.1, -0.05) is 37.1 Å². The van der Waals surface area contributed by atoms with Gasteiger partial charge in [0.1, 0.15) is 11.4 Å². The molecule has 1 N–H and O–H groups in total. The van der Waals surface area contributed by atoms with Crippen LogP contribution in [0.5, 0.6) is 0 Å². The fourth-order valence-electron chi connectivity index (χ4n) is 3.05. The summed E-state index contributed by atoms with van der Waals surface area (Å²) in [4.78, 5) is 13.5. The summed E-state index contributed by atoms with van der Waals surface area (Å²) in [5.74, 6) is 1.01. The molecular formula is C17H21N5OS2. The SMILES string of the molecule is Cn1c(Cc2cccs2)nnc1SCC(=O)NC1(C#N)CCCCC1. The molecule has 132 valence electrons. The maximum atomic E-state index is 12.3. The molecule has 2 heterocycles. The summed E-state index contributed by atoms with van der Waals surface area (Å²) >= 11 is 3.05. The van der Waals surface area contributed by atoms with Crippen LogP contribution >= 0.6 is 23.1 Å². The zero-order valence-electron chi connectivity index (χ0n) is 14.2. The number of carbonyl (C=O) groups excluding carboxylic acids is 1. The molecule has 6 nitrogen and oxygen atoms in total. The molecule has 0 bridgehead atoms. The summed E-state index contributed by atoms with van der Waals surface area (Å²) < 4.78 is 1.93. The normalized spacial score (nSPS) is 16.3. The highest BCUT2D eigenvalue weighted by Crippen LogP contribution is 2.28. The first-order chi connectivity index (χ1) is 12.1. The van der Waals surface area contributed by atoms with Crippen LogP contribution < -0.4 is 5.32 Å². The second kappa shape index (κ2) is 8.02. The molecule has 2 aromatic rings. The number of carbonyl (C=O) groups is 1. The van der Waals surface area contributed by atoms with Gasteiger partial charge >= 0.3 is 0 Å². The van der Waals surface area contributed by atoms with E-state index < -0.39 is 5.54 Å². The van der Waals surface area contributed by atoms with E-state index in [2.05, 4.69) is 27.6 Å². The lowest BCUT2D eigenvalue weighted by Crippen LogP contribution is -2.49. The predicted octanol–water partition coefficient (Wildman–Crippen LogP) is 2.90. The molecule has 2 aromatic heterocycles. The van der Waals surface area contributed by atoms with Gasteiger partial charge in [-0.2, -0.15) is 5.26 Å². The fraction of sp³-hybridized carbons (Fsp3) is 0.529. The van der Waals surface area contributed by atoms with Crippen molar-refractivity contribution in [3.8, 4) is 6.07 Å². The first-order valence-electron chi connectivity index (χ1n) is 8.38. The Balaban J connectivity index is 1.55. The van der Waals surface area contributed by atoms with Crippen LogP contribution in [0.4, 0.5) is 0 Å². The zero-order valence-corrected chi connectivity index (χ0v) is 15.8. The molecule has 0 atom stereocenters. The van der Waals surface area contributed by atoms with Gasteiger partial charge in [-0.25, -0.2) is 0 Å². The number of hydrogen-bond donors (Lipinski definition) is 1. The first kappa shape index (κ1) is 18.0. The molecule has 8 heteroatoms. The van der Waals surface area contributed by atoms with Crippen molar-refractivity contribution in [3.63, 3.8) is 0 Å². The van der Waals surface area contributed by atoms with E-state index in [-0.39, 0.29) is 11.7 Å². The van der Waals surface area contributed by atoms with E-state index in [4.69, 9.17) is 0 Å². The Kier molecular flexibility index (Phi) is 5.76. The summed E-state index contributed by atoms with van der Waals surface area (Å²) in [5.41, 5.74) is -0.680.